The van der Waals surface area contributed by atoms with Crippen LogP contribution in [-0.4, -0.2) is 4.57 Å². The van der Waals surface area contributed by atoms with Gasteiger partial charge in [-0.3, -0.25) is 0 Å². The number of rotatable bonds is 1. The largest absolute Gasteiger partial charge is 0.309 e. The summed E-state index contributed by atoms with van der Waals surface area (Å²) in [6.45, 7) is 4.77. The molecule has 0 N–H and O–H groups in total. The van der Waals surface area contributed by atoms with Crippen molar-refractivity contribution in [2.24, 2.45) is 0 Å². The van der Waals surface area contributed by atoms with Crippen molar-refractivity contribution < 1.29 is 0 Å². The van der Waals surface area contributed by atoms with Crippen molar-refractivity contribution in [3.8, 4) is 16.8 Å². The summed E-state index contributed by atoms with van der Waals surface area (Å²) in [7, 11) is 0. The summed E-state index contributed by atoms with van der Waals surface area (Å²) in [5.41, 5.74) is 9.35. The smallest absolute Gasteiger partial charge is 0.0588 e. The first-order valence-corrected chi connectivity index (χ1v) is 13.0. The van der Waals surface area contributed by atoms with Gasteiger partial charge in [-0.25, -0.2) is 0 Å². The van der Waals surface area contributed by atoms with E-state index in [-0.39, 0.29) is 5.41 Å². The Hall–Kier alpha value is -3.88. The minimum Gasteiger partial charge on any atom is -0.309 e. The number of thiophene rings is 1. The molecule has 166 valence electrons. The van der Waals surface area contributed by atoms with E-state index in [1.54, 1.807) is 0 Å². The van der Waals surface area contributed by atoms with Crippen molar-refractivity contribution in [2.45, 2.75) is 19.3 Å². The molecule has 5 aromatic carbocycles. The fourth-order valence-corrected chi connectivity index (χ4v) is 7.57. The van der Waals surface area contributed by atoms with Gasteiger partial charge >= 0.3 is 0 Å². The Bertz CT molecular complexity index is 1980. The van der Waals surface area contributed by atoms with E-state index in [0.717, 1.165) is 0 Å². The van der Waals surface area contributed by atoms with Gasteiger partial charge in [-0.1, -0.05) is 92.7 Å². The van der Waals surface area contributed by atoms with Crippen LogP contribution >= 0.6 is 11.3 Å². The number of para-hydroxylation sites is 1. The van der Waals surface area contributed by atoms with Crippen LogP contribution in [-0.2, 0) is 5.41 Å². The molecule has 0 atom stereocenters. The summed E-state index contributed by atoms with van der Waals surface area (Å²) in [5.74, 6) is 0. The Morgan fingerprint density at radius 1 is 0.600 bits per heavy atom. The van der Waals surface area contributed by atoms with E-state index >= 15 is 0 Å². The van der Waals surface area contributed by atoms with Gasteiger partial charge < -0.3 is 4.57 Å². The van der Waals surface area contributed by atoms with E-state index in [9.17, 15) is 0 Å². The van der Waals surface area contributed by atoms with Crippen molar-refractivity contribution in [2.75, 3.05) is 0 Å². The third-order valence-corrected chi connectivity index (χ3v) is 9.11. The number of fused-ring (bicyclic) bond motifs is 10. The standard InChI is InChI=1S/C33H23NS/c1-33(2)27-12-6-3-9-21(27)25-17-18-26-22-10-4-7-13-28(22)34(32(26)31(25)33)20-15-16-24-23-11-5-8-14-29(23)35-30(24)19-20/h3-19H,1-2H3. The first kappa shape index (κ1) is 19.4. The van der Waals surface area contributed by atoms with Crippen molar-refractivity contribution in [1.82, 2.24) is 4.57 Å². The third-order valence-electron chi connectivity index (χ3n) is 7.97. The molecule has 0 saturated carbocycles. The summed E-state index contributed by atoms with van der Waals surface area (Å²) < 4.78 is 5.20. The van der Waals surface area contributed by atoms with Crippen LogP contribution in [0.1, 0.15) is 25.0 Å². The van der Waals surface area contributed by atoms with Crippen molar-refractivity contribution in [1.29, 1.82) is 0 Å². The molecule has 1 nitrogen and oxygen atoms in total. The maximum absolute atomic E-state index is 2.51. The molecular formula is C33H23NS. The van der Waals surface area contributed by atoms with Gasteiger partial charge in [0, 0.05) is 42.0 Å². The molecule has 0 unspecified atom stereocenters. The van der Waals surface area contributed by atoms with E-state index in [1.807, 2.05) is 11.3 Å². The average Bonchev–Trinajstić information content (AvgIpc) is 3.50. The van der Waals surface area contributed by atoms with Gasteiger partial charge in [-0.15, -0.1) is 11.3 Å². The van der Waals surface area contributed by atoms with Gasteiger partial charge in [-0.05, 0) is 46.5 Å². The highest BCUT2D eigenvalue weighted by Gasteiger charge is 2.38. The maximum Gasteiger partial charge on any atom is 0.0588 e. The Morgan fingerprint density at radius 2 is 1.31 bits per heavy atom. The first-order chi connectivity index (χ1) is 17.1. The Morgan fingerprint density at radius 3 is 2.23 bits per heavy atom. The Kier molecular flexibility index (Phi) is 3.67. The molecule has 0 aliphatic heterocycles. The van der Waals surface area contributed by atoms with Crippen LogP contribution in [0.2, 0.25) is 0 Å². The predicted molar refractivity (Wildman–Crippen MR) is 151 cm³/mol. The van der Waals surface area contributed by atoms with E-state index in [1.165, 1.54) is 69.9 Å². The van der Waals surface area contributed by atoms with Gasteiger partial charge in [0.2, 0.25) is 0 Å². The van der Waals surface area contributed by atoms with E-state index in [2.05, 4.69) is 122 Å². The number of nitrogens with zero attached hydrogens (tertiary/aromatic N) is 1. The highest BCUT2D eigenvalue weighted by molar-refractivity contribution is 7.25. The lowest BCUT2D eigenvalue weighted by atomic mass is 9.81. The molecule has 0 bridgehead atoms. The highest BCUT2D eigenvalue weighted by Crippen LogP contribution is 2.53. The molecule has 7 aromatic rings. The lowest BCUT2D eigenvalue weighted by Gasteiger charge is -2.23. The summed E-state index contributed by atoms with van der Waals surface area (Å²) in [6, 6.07) is 38.2. The molecule has 8 rings (SSSR count). The van der Waals surface area contributed by atoms with Crippen LogP contribution in [0.5, 0.6) is 0 Å². The number of benzene rings is 5. The zero-order valence-corrected chi connectivity index (χ0v) is 20.5. The lowest BCUT2D eigenvalue weighted by molar-refractivity contribution is 0.664. The van der Waals surface area contributed by atoms with Crippen LogP contribution in [0, 0.1) is 0 Å². The quantitative estimate of drug-likeness (QED) is 0.227. The Labute approximate surface area is 207 Å². The highest BCUT2D eigenvalue weighted by atomic mass is 32.1. The molecule has 35 heavy (non-hydrogen) atoms. The minimum absolute atomic E-state index is 0.0702. The maximum atomic E-state index is 2.51. The summed E-state index contributed by atoms with van der Waals surface area (Å²) in [6.07, 6.45) is 0. The van der Waals surface area contributed by atoms with Gasteiger partial charge in [0.05, 0.1) is 11.0 Å². The normalized spacial score (nSPS) is 14.2. The minimum atomic E-state index is -0.0702. The average molecular weight is 466 g/mol. The summed E-state index contributed by atoms with van der Waals surface area (Å²) in [5, 5.41) is 5.33. The van der Waals surface area contributed by atoms with E-state index in [0.29, 0.717) is 0 Å². The van der Waals surface area contributed by atoms with Gasteiger partial charge in [0.15, 0.2) is 0 Å². The first-order valence-electron chi connectivity index (χ1n) is 12.2. The fraction of sp³-hybridized carbons (Fsp3) is 0.0909. The van der Waals surface area contributed by atoms with Gasteiger partial charge in [-0.2, -0.15) is 0 Å². The second kappa shape index (κ2) is 6.62. The van der Waals surface area contributed by atoms with Crippen LogP contribution in [0.3, 0.4) is 0 Å². The fourth-order valence-electron chi connectivity index (χ4n) is 6.43. The summed E-state index contributed by atoms with van der Waals surface area (Å²) >= 11 is 1.89. The molecule has 2 heterocycles. The second-order valence-corrected chi connectivity index (χ2v) is 11.3. The van der Waals surface area contributed by atoms with Crippen LogP contribution < -0.4 is 0 Å². The zero-order chi connectivity index (χ0) is 23.3. The molecule has 2 heteroatoms. The van der Waals surface area contributed by atoms with Gasteiger partial charge in [0.1, 0.15) is 0 Å². The number of hydrogen-bond donors (Lipinski definition) is 0. The molecule has 0 fully saturated rings. The third kappa shape index (κ3) is 2.42. The Balaban J connectivity index is 1.53. The van der Waals surface area contributed by atoms with Crippen LogP contribution in [0.25, 0.3) is 58.8 Å². The second-order valence-electron chi connectivity index (χ2n) is 10.2. The monoisotopic (exact) mass is 465 g/mol. The lowest BCUT2D eigenvalue weighted by Crippen LogP contribution is -2.16. The molecular weight excluding hydrogens is 442 g/mol. The topological polar surface area (TPSA) is 4.93 Å². The van der Waals surface area contributed by atoms with Crippen molar-refractivity contribution in [3.63, 3.8) is 0 Å². The molecule has 0 spiro atoms. The van der Waals surface area contributed by atoms with Crippen molar-refractivity contribution in [3.05, 3.63) is 114 Å². The predicted octanol–water partition coefficient (Wildman–Crippen LogP) is 9.46. The van der Waals surface area contributed by atoms with E-state index in [4.69, 9.17) is 0 Å². The molecule has 1 aliphatic rings. The summed E-state index contributed by atoms with van der Waals surface area (Å²) in [4.78, 5) is 0. The molecule has 1 aliphatic carbocycles. The number of hydrogen-bond acceptors (Lipinski definition) is 1. The van der Waals surface area contributed by atoms with Crippen LogP contribution in [0.15, 0.2) is 103 Å². The zero-order valence-electron chi connectivity index (χ0n) is 19.7. The molecule has 0 saturated heterocycles. The molecule has 0 amide bonds. The number of aromatic nitrogens is 1. The van der Waals surface area contributed by atoms with Crippen LogP contribution in [0.4, 0.5) is 0 Å². The van der Waals surface area contributed by atoms with Crippen molar-refractivity contribution >= 4 is 53.3 Å². The molecule has 2 aromatic heterocycles. The molecule has 0 radical (unpaired) electrons. The SMILES string of the molecule is CC1(C)c2ccccc2-c2ccc3c4ccccc4n(-c4ccc5c(c4)sc4ccccc45)c3c21. The van der Waals surface area contributed by atoms with E-state index < -0.39 is 0 Å². The van der Waals surface area contributed by atoms with Gasteiger partial charge in [0.25, 0.3) is 0 Å².